The lowest BCUT2D eigenvalue weighted by Crippen LogP contribution is -2.45. The van der Waals surface area contributed by atoms with Gasteiger partial charge in [0, 0.05) is 17.5 Å². The summed E-state index contributed by atoms with van der Waals surface area (Å²) >= 11 is 0. The molecule has 2 fully saturated rings. The van der Waals surface area contributed by atoms with Crippen molar-refractivity contribution in [1.29, 1.82) is 0 Å². The van der Waals surface area contributed by atoms with Gasteiger partial charge in [0.2, 0.25) is 0 Å². The number of allylic oxidation sites excluding steroid dienone is 3. The van der Waals surface area contributed by atoms with E-state index in [0.717, 1.165) is 37.6 Å². The number of rotatable bonds is 5. The fourth-order valence-electron chi connectivity index (χ4n) is 8.49. The molecule has 0 radical (unpaired) electrons. The number of carbonyl (C=O) groups is 2. The average molecular weight is 518 g/mol. The van der Waals surface area contributed by atoms with Crippen LogP contribution in [0.1, 0.15) is 65.2 Å². The molecular weight excluding hydrogens is 478 g/mol. The van der Waals surface area contributed by atoms with Crippen molar-refractivity contribution in [3.8, 4) is 0 Å². The molecule has 4 aliphatic rings. The molecule has 7 heteroatoms. The topological polar surface area (TPSA) is 107 Å². The number of carboxylic acid groups (broad SMARTS) is 1. The van der Waals surface area contributed by atoms with Crippen molar-refractivity contribution in [3.63, 3.8) is 0 Å². The largest absolute Gasteiger partial charge is 0.481 e. The first-order chi connectivity index (χ1) is 18.3. The van der Waals surface area contributed by atoms with Crippen molar-refractivity contribution in [2.24, 2.45) is 40.7 Å². The molecule has 8 atom stereocenters. The van der Waals surface area contributed by atoms with Gasteiger partial charge in [0.1, 0.15) is 18.5 Å². The molecule has 1 heterocycles. The smallest absolute Gasteiger partial charge is 0.323 e. The van der Waals surface area contributed by atoms with Crippen molar-refractivity contribution in [2.75, 3.05) is 0 Å². The van der Waals surface area contributed by atoms with E-state index in [2.05, 4.69) is 53.7 Å². The monoisotopic (exact) mass is 517 g/mol. The van der Waals surface area contributed by atoms with E-state index in [-0.39, 0.29) is 11.5 Å². The highest BCUT2D eigenvalue weighted by atomic mass is 16.5. The zero-order valence-corrected chi connectivity index (χ0v) is 22.4. The van der Waals surface area contributed by atoms with Gasteiger partial charge in [0.05, 0.1) is 17.5 Å². The fourth-order valence-corrected chi connectivity index (χ4v) is 8.49. The summed E-state index contributed by atoms with van der Waals surface area (Å²) in [4.78, 5) is 28.1. The number of benzene rings is 1. The number of para-hydroxylation sites is 2. The average Bonchev–Trinajstić information content (AvgIpc) is 3.42. The molecule has 3 N–H and O–H groups in total. The second kappa shape index (κ2) is 9.67. The van der Waals surface area contributed by atoms with Crippen molar-refractivity contribution in [2.45, 2.75) is 77.4 Å². The van der Waals surface area contributed by atoms with Crippen LogP contribution >= 0.6 is 0 Å². The number of imidazole rings is 1. The second-order valence-corrected chi connectivity index (χ2v) is 12.4. The van der Waals surface area contributed by atoms with Gasteiger partial charge in [-0.2, -0.15) is 0 Å². The summed E-state index contributed by atoms with van der Waals surface area (Å²) in [5, 5.41) is 8.98. The van der Waals surface area contributed by atoms with Crippen LogP contribution in [0.25, 0.3) is 16.7 Å². The number of hydrogen-bond acceptors (Lipinski definition) is 5. The number of carbonyl (C=O) groups excluding carboxylic acids is 1. The number of fused-ring (bicyclic) bond motifs is 6. The van der Waals surface area contributed by atoms with Crippen LogP contribution in [-0.2, 0) is 14.3 Å². The molecule has 0 bridgehead atoms. The molecule has 38 heavy (non-hydrogen) atoms. The first kappa shape index (κ1) is 25.4. The van der Waals surface area contributed by atoms with Gasteiger partial charge in [-0.25, -0.2) is 4.98 Å². The van der Waals surface area contributed by atoms with Crippen LogP contribution in [-0.4, -0.2) is 38.7 Å². The third-order valence-electron chi connectivity index (χ3n) is 10.3. The van der Waals surface area contributed by atoms with Crippen LogP contribution in [0.4, 0.5) is 0 Å². The summed E-state index contributed by atoms with van der Waals surface area (Å²) in [6, 6.07) is 7.29. The van der Waals surface area contributed by atoms with E-state index >= 15 is 0 Å². The van der Waals surface area contributed by atoms with Gasteiger partial charge in [-0.3, -0.25) is 9.59 Å². The molecule has 4 aliphatic carbocycles. The molecule has 0 aliphatic heterocycles. The predicted molar refractivity (Wildman–Crippen MR) is 146 cm³/mol. The van der Waals surface area contributed by atoms with E-state index in [9.17, 15) is 9.59 Å². The molecule has 0 amide bonds. The van der Waals surface area contributed by atoms with E-state index in [0.29, 0.717) is 29.6 Å². The first-order valence-corrected chi connectivity index (χ1v) is 14.3. The van der Waals surface area contributed by atoms with Crippen molar-refractivity contribution < 1.29 is 19.4 Å². The molecule has 2 saturated carbocycles. The van der Waals surface area contributed by atoms with E-state index in [1.807, 2.05) is 12.4 Å². The second-order valence-electron chi connectivity index (χ2n) is 12.4. The Labute approximate surface area is 224 Å². The zero-order chi connectivity index (χ0) is 26.6. The SMILES string of the molecule is C[C@@H]1CC[C@H](OC(=O)C(N)CC(=O)O)CC2=CCC3C(CC[C@]4(C)C(n5cnc6ccccc65)=CCC34)C21. The first-order valence-electron chi connectivity index (χ1n) is 14.3. The Balaban J connectivity index is 1.21. The quantitative estimate of drug-likeness (QED) is 0.406. The van der Waals surface area contributed by atoms with E-state index in [1.54, 1.807) is 0 Å². The summed E-state index contributed by atoms with van der Waals surface area (Å²) in [6.07, 6.45) is 13.5. The molecule has 1 aromatic carbocycles. The van der Waals surface area contributed by atoms with E-state index in [1.165, 1.54) is 29.6 Å². The number of aromatic nitrogens is 2. The Bertz CT molecular complexity index is 1310. The summed E-state index contributed by atoms with van der Waals surface area (Å²) < 4.78 is 8.09. The van der Waals surface area contributed by atoms with Crippen LogP contribution in [0, 0.1) is 35.0 Å². The molecule has 2 aromatic rings. The number of ether oxygens (including phenoxy) is 1. The van der Waals surface area contributed by atoms with Gasteiger partial charge in [0.25, 0.3) is 0 Å². The maximum Gasteiger partial charge on any atom is 0.323 e. The van der Waals surface area contributed by atoms with Crippen LogP contribution in [0.3, 0.4) is 0 Å². The number of carboxylic acids is 1. The number of aliphatic carboxylic acids is 1. The number of hydrogen-bond donors (Lipinski definition) is 2. The molecule has 0 spiro atoms. The maximum absolute atomic E-state index is 12.5. The summed E-state index contributed by atoms with van der Waals surface area (Å²) in [7, 11) is 0. The number of nitrogens with zero attached hydrogens (tertiary/aromatic N) is 2. The zero-order valence-electron chi connectivity index (χ0n) is 22.4. The minimum absolute atomic E-state index is 0.141. The van der Waals surface area contributed by atoms with Crippen LogP contribution in [0.15, 0.2) is 48.3 Å². The molecule has 7 nitrogen and oxygen atoms in total. The van der Waals surface area contributed by atoms with Gasteiger partial charge < -0.3 is 20.1 Å². The van der Waals surface area contributed by atoms with Gasteiger partial charge in [-0.15, -0.1) is 0 Å². The lowest BCUT2D eigenvalue weighted by molar-refractivity contribution is -0.154. The molecule has 1 aromatic heterocycles. The van der Waals surface area contributed by atoms with Crippen LogP contribution < -0.4 is 5.73 Å². The minimum Gasteiger partial charge on any atom is -0.481 e. The summed E-state index contributed by atoms with van der Waals surface area (Å²) in [5.41, 5.74) is 11.0. The lowest BCUT2D eigenvalue weighted by Gasteiger charge is -2.53. The van der Waals surface area contributed by atoms with Crippen molar-refractivity contribution >= 4 is 28.7 Å². The maximum atomic E-state index is 12.5. The normalized spacial score (nSPS) is 35.2. The highest BCUT2D eigenvalue weighted by Gasteiger charge is 2.54. The summed E-state index contributed by atoms with van der Waals surface area (Å²) in [6.45, 7) is 4.85. The Kier molecular flexibility index (Phi) is 6.45. The van der Waals surface area contributed by atoms with Gasteiger partial charge in [-0.05, 0) is 80.2 Å². The lowest BCUT2D eigenvalue weighted by atomic mass is 9.52. The van der Waals surface area contributed by atoms with Gasteiger partial charge in [0.15, 0.2) is 0 Å². The molecule has 6 rings (SSSR count). The van der Waals surface area contributed by atoms with Crippen LogP contribution in [0.5, 0.6) is 0 Å². The molecule has 5 unspecified atom stereocenters. The van der Waals surface area contributed by atoms with Crippen LogP contribution in [0.2, 0.25) is 0 Å². The van der Waals surface area contributed by atoms with E-state index in [4.69, 9.17) is 15.6 Å². The molecule has 0 saturated heterocycles. The highest BCUT2D eigenvalue weighted by molar-refractivity contribution is 5.82. The highest BCUT2D eigenvalue weighted by Crippen LogP contribution is 2.63. The fraction of sp³-hybridized carbons (Fsp3) is 0.581. The standard InChI is InChI=1S/C31H39N3O4/c1-18-7-9-20(38-30(37)24(32)16-28(35)36)15-19-8-10-21-22(29(18)19)13-14-31(2)23(21)11-12-27(31)34-17-33-25-5-3-4-6-26(25)34/h3-6,8,12,17-18,20-24,29H,7,9-11,13-16,32H2,1-2H3,(H,35,36)/t18-,20+,21?,22?,23?,24?,29?,31+/m1/s1. The Morgan fingerprint density at radius 1 is 1.18 bits per heavy atom. The third kappa shape index (κ3) is 4.19. The number of nitrogens with two attached hydrogens (primary N) is 1. The number of esters is 1. The summed E-state index contributed by atoms with van der Waals surface area (Å²) in [5.74, 6) is 1.29. The Morgan fingerprint density at radius 2 is 2.00 bits per heavy atom. The third-order valence-corrected chi connectivity index (χ3v) is 10.3. The van der Waals surface area contributed by atoms with Crippen molar-refractivity contribution in [3.05, 3.63) is 48.3 Å². The Hall–Kier alpha value is -2.93. The van der Waals surface area contributed by atoms with Gasteiger partial charge >= 0.3 is 11.9 Å². The van der Waals surface area contributed by atoms with Gasteiger partial charge in [-0.1, -0.05) is 43.7 Å². The van der Waals surface area contributed by atoms with Crippen molar-refractivity contribution in [1.82, 2.24) is 9.55 Å². The Morgan fingerprint density at radius 3 is 2.82 bits per heavy atom. The molecule has 202 valence electrons. The molecular formula is C31H39N3O4. The minimum atomic E-state index is -1.11. The van der Waals surface area contributed by atoms with E-state index < -0.39 is 24.4 Å². The predicted octanol–water partition coefficient (Wildman–Crippen LogP) is 5.41.